The molecule has 1 aromatic carbocycles. The average Bonchev–Trinajstić information content (AvgIpc) is 2.95. The molecule has 0 radical (unpaired) electrons. The Kier molecular flexibility index (Phi) is 5.98. The van der Waals surface area contributed by atoms with Gasteiger partial charge in [0.2, 0.25) is 0 Å². The molecule has 1 spiro atoms. The molecule has 2 heterocycles. The largest absolute Gasteiger partial charge is 0.434 e. The van der Waals surface area contributed by atoms with Crippen LogP contribution in [-0.2, 0) is 0 Å². The van der Waals surface area contributed by atoms with Crippen LogP contribution in [0.25, 0.3) is 0 Å². The molecule has 24 heavy (non-hydrogen) atoms. The maximum Gasteiger partial charge on any atom is 0.387 e. The van der Waals surface area contributed by atoms with Gasteiger partial charge in [0.05, 0.1) is 5.56 Å². The lowest BCUT2D eigenvalue weighted by molar-refractivity contribution is -0.0504. The predicted octanol–water partition coefficient (Wildman–Crippen LogP) is 3.06. The van der Waals surface area contributed by atoms with Crippen LogP contribution in [0, 0.1) is 11.2 Å². The molecular formula is C16H20ClF3N2O2. The fourth-order valence-corrected chi connectivity index (χ4v) is 3.44. The second-order valence-corrected chi connectivity index (χ2v) is 6.24. The molecule has 2 aliphatic heterocycles. The lowest BCUT2D eigenvalue weighted by Gasteiger charge is -2.39. The Morgan fingerprint density at radius 3 is 2.54 bits per heavy atom. The van der Waals surface area contributed by atoms with Crippen molar-refractivity contribution >= 4 is 18.3 Å². The maximum atomic E-state index is 13.2. The van der Waals surface area contributed by atoms with Gasteiger partial charge in [-0.3, -0.25) is 4.79 Å². The van der Waals surface area contributed by atoms with Crippen LogP contribution >= 0.6 is 12.4 Å². The first-order valence-corrected chi connectivity index (χ1v) is 7.73. The van der Waals surface area contributed by atoms with E-state index in [4.69, 9.17) is 0 Å². The van der Waals surface area contributed by atoms with E-state index in [1.807, 2.05) is 0 Å². The van der Waals surface area contributed by atoms with Crippen LogP contribution in [0.2, 0.25) is 0 Å². The van der Waals surface area contributed by atoms with Gasteiger partial charge in [-0.05, 0) is 43.4 Å². The van der Waals surface area contributed by atoms with E-state index in [1.54, 1.807) is 4.90 Å². The molecule has 0 unspecified atom stereocenters. The van der Waals surface area contributed by atoms with Crippen molar-refractivity contribution in [3.8, 4) is 5.75 Å². The highest BCUT2D eigenvalue weighted by molar-refractivity contribution is 5.97. The number of nitrogens with one attached hydrogen (secondary N) is 1. The first-order valence-electron chi connectivity index (χ1n) is 7.73. The predicted molar refractivity (Wildman–Crippen MR) is 85.3 cm³/mol. The van der Waals surface area contributed by atoms with E-state index in [2.05, 4.69) is 10.1 Å². The summed E-state index contributed by atoms with van der Waals surface area (Å²) >= 11 is 0. The lowest BCUT2D eigenvalue weighted by atomic mass is 9.78. The molecule has 3 rings (SSSR count). The van der Waals surface area contributed by atoms with Gasteiger partial charge in [0, 0.05) is 25.7 Å². The number of carbonyl (C=O) groups is 1. The van der Waals surface area contributed by atoms with Crippen LogP contribution in [-0.4, -0.2) is 43.6 Å². The summed E-state index contributed by atoms with van der Waals surface area (Å²) in [5.74, 6) is -1.51. The van der Waals surface area contributed by atoms with Crippen molar-refractivity contribution < 1.29 is 22.7 Å². The van der Waals surface area contributed by atoms with E-state index in [1.165, 1.54) is 6.07 Å². The molecule has 1 amide bonds. The minimum Gasteiger partial charge on any atom is -0.434 e. The van der Waals surface area contributed by atoms with Gasteiger partial charge in [-0.15, -0.1) is 12.4 Å². The van der Waals surface area contributed by atoms with E-state index >= 15 is 0 Å². The van der Waals surface area contributed by atoms with Gasteiger partial charge in [-0.1, -0.05) is 0 Å². The fourth-order valence-electron chi connectivity index (χ4n) is 3.44. The van der Waals surface area contributed by atoms with Gasteiger partial charge >= 0.3 is 6.61 Å². The van der Waals surface area contributed by atoms with Crippen LogP contribution in [0.3, 0.4) is 0 Å². The van der Waals surface area contributed by atoms with Crippen LogP contribution in [0.15, 0.2) is 18.2 Å². The van der Waals surface area contributed by atoms with Gasteiger partial charge in [-0.25, -0.2) is 4.39 Å². The number of benzene rings is 1. The standard InChI is InChI=1S/C16H19F3N2O2.ClH/c17-11-1-2-12(13(9-11)23-15(18)19)14(22)21-7-4-16(5-8-21)3-6-20-10-16;/h1-2,9,15,20H,3-8,10H2;1H. The molecule has 1 N–H and O–H groups in total. The molecule has 2 saturated heterocycles. The van der Waals surface area contributed by atoms with Crippen LogP contribution in [0.4, 0.5) is 13.2 Å². The second kappa shape index (κ2) is 7.61. The molecule has 0 aliphatic carbocycles. The Morgan fingerprint density at radius 1 is 1.25 bits per heavy atom. The summed E-state index contributed by atoms with van der Waals surface area (Å²) in [5.41, 5.74) is 0.231. The number of halogens is 4. The van der Waals surface area contributed by atoms with Crippen LogP contribution in [0.1, 0.15) is 29.6 Å². The van der Waals surface area contributed by atoms with Crippen molar-refractivity contribution in [2.24, 2.45) is 5.41 Å². The Hall–Kier alpha value is -1.47. The summed E-state index contributed by atoms with van der Waals surface area (Å²) in [6, 6.07) is 3.11. The summed E-state index contributed by atoms with van der Waals surface area (Å²) in [6.45, 7) is 0.0132. The molecule has 8 heteroatoms. The summed E-state index contributed by atoms with van der Waals surface area (Å²) in [6.07, 6.45) is 2.88. The van der Waals surface area contributed by atoms with E-state index < -0.39 is 18.2 Å². The number of nitrogens with zero attached hydrogens (tertiary/aromatic N) is 1. The Morgan fingerprint density at radius 2 is 1.96 bits per heavy atom. The van der Waals surface area contributed by atoms with E-state index in [9.17, 15) is 18.0 Å². The summed E-state index contributed by atoms with van der Waals surface area (Å²) in [7, 11) is 0. The molecule has 2 aliphatic rings. The lowest BCUT2D eigenvalue weighted by Crippen LogP contribution is -2.44. The Labute approximate surface area is 144 Å². The van der Waals surface area contributed by atoms with Crippen molar-refractivity contribution in [3.05, 3.63) is 29.6 Å². The summed E-state index contributed by atoms with van der Waals surface area (Å²) in [4.78, 5) is 14.2. The molecule has 1 aromatic rings. The number of alkyl halides is 2. The van der Waals surface area contributed by atoms with E-state index in [0.29, 0.717) is 13.1 Å². The van der Waals surface area contributed by atoms with E-state index in [-0.39, 0.29) is 29.3 Å². The third-order valence-corrected chi connectivity index (χ3v) is 4.83. The molecule has 134 valence electrons. The van der Waals surface area contributed by atoms with Crippen molar-refractivity contribution in [1.82, 2.24) is 10.2 Å². The first-order chi connectivity index (χ1) is 11.0. The maximum absolute atomic E-state index is 13.2. The number of likely N-dealkylation sites (tertiary alicyclic amines) is 1. The number of ether oxygens (including phenoxy) is 1. The topological polar surface area (TPSA) is 41.6 Å². The average molecular weight is 365 g/mol. The molecule has 4 nitrogen and oxygen atoms in total. The first kappa shape index (κ1) is 18.9. The Balaban J connectivity index is 0.00000208. The monoisotopic (exact) mass is 364 g/mol. The van der Waals surface area contributed by atoms with Crippen molar-refractivity contribution in [2.75, 3.05) is 26.2 Å². The number of rotatable bonds is 3. The fraction of sp³-hybridized carbons (Fsp3) is 0.562. The minimum absolute atomic E-state index is 0. The highest BCUT2D eigenvalue weighted by Gasteiger charge is 2.38. The van der Waals surface area contributed by atoms with Crippen molar-refractivity contribution in [1.29, 1.82) is 0 Å². The zero-order valence-corrected chi connectivity index (χ0v) is 13.9. The van der Waals surface area contributed by atoms with Crippen molar-refractivity contribution in [2.45, 2.75) is 25.9 Å². The summed E-state index contributed by atoms with van der Waals surface area (Å²) in [5, 5.41) is 3.35. The van der Waals surface area contributed by atoms with Crippen molar-refractivity contribution in [3.63, 3.8) is 0 Å². The molecular weight excluding hydrogens is 345 g/mol. The molecule has 0 aromatic heterocycles. The minimum atomic E-state index is -3.10. The highest BCUT2D eigenvalue weighted by Crippen LogP contribution is 2.37. The number of carbonyl (C=O) groups excluding carboxylic acids is 1. The molecule has 0 atom stereocenters. The number of hydrogen-bond donors (Lipinski definition) is 1. The molecule has 0 bridgehead atoms. The number of amides is 1. The van der Waals surface area contributed by atoms with Gasteiger partial charge in [-0.2, -0.15) is 8.78 Å². The Bertz CT molecular complexity index is 585. The van der Waals surface area contributed by atoms with Gasteiger partial charge < -0.3 is 15.0 Å². The summed E-state index contributed by atoms with van der Waals surface area (Å²) < 4.78 is 42.5. The van der Waals surface area contributed by atoms with E-state index in [0.717, 1.165) is 44.5 Å². The SMILES string of the molecule is Cl.O=C(c1ccc(F)cc1OC(F)F)N1CCC2(CCNC2)CC1. The zero-order chi connectivity index (χ0) is 16.4. The van der Waals surface area contributed by atoms with Gasteiger partial charge in [0.15, 0.2) is 0 Å². The van der Waals surface area contributed by atoms with Crippen LogP contribution in [0.5, 0.6) is 5.75 Å². The third kappa shape index (κ3) is 3.95. The molecule has 0 saturated carbocycles. The third-order valence-electron chi connectivity index (χ3n) is 4.83. The van der Waals surface area contributed by atoms with Gasteiger partial charge in [0.25, 0.3) is 5.91 Å². The number of piperidine rings is 1. The van der Waals surface area contributed by atoms with Crippen LogP contribution < -0.4 is 10.1 Å². The zero-order valence-electron chi connectivity index (χ0n) is 13.1. The van der Waals surface area contributed by atoms with Gasteiger partial charge in [0.1, 0.15) is 11.6 Å². The number of hydrogen-bond acceptors (Lipinski definition) is 3. The smallest absolute Gasteiger partial charge is 0.387 e. The quantitative estimate of drug-likeness (QED) is 0.896. The molecule has 2 fully saturated rings. The normalized spacial score (nSPS) is 19.4. The highest BCUT2D eigenvalue weighted by atomic mass is 35.5. The second-order valence-electron chi connectivity index (χ2n) is 6.24.